The van der Waals surface area contributed by atoms with Gasteiger partial charge in [0.05, 0.1) is 4.92 Å². The fraction of sp³-hybridized carbons (Fsp3) is 0.455. The Balaban J connectivity index is 2.92. The average Bonchev–Trinajstić information content (AvgIpc) is 2.47. The van der Waals surface area contributed by atoms with Gasteiger partial charge in [-0.15, -0.1) is 34.8 Å². The van der Waals surface area contributed by atoms with Gasteiger partial charge in [-0.2, -0.15) is 0 Å². The SMILES string of the molecule is O=[N+]([O-])c1ccc(O[P@@](=O)(CCl)N(CCCl)CCCl)cc1. The van der Waals surface area contributed by atoms with E-state index in [4.69, 9.17) is 39.3 Å². The van der Waals surface area contributed by atoms with Crippen molar-refractivity contribution in [3.05, 3.63) is 34.4 Å². The Hall–Kier alpha value is -0.520. The van der Waals surface area contributed by atoms with Gasteiger partial charge in [0.2, 0.25) is 0 Å². The molecule has 1 atom stereocenters. The lowest BCUT2D eigenvalue weighted by Crippen LogP contribution is -2.27. The van der Waals surface area contributed by atoms with E-state index in [-0.39, 0.29) is 28.8 Å². The van der Waals surface area contributed by atoms with E-state index in [1.54, 1.807) is 0 Å². The smallest absolute Gasteiger partial charge is 0.333 e. The molecule has 0 saturated heterocycles. The standard InChI is InChI=1S/C11H14Cl3N2O4P/c12-5-7-15(8-6-13)21(19,9-14)20-11-3-1-10(2-4-11)16(17)18/h1-4H,5-9H2/t21-/m0/s1. The lowest BCUT2D eigenvalue weighted by Gasteiger charge is -2.28. The maximum atomic E-state index is 12.8. The molecule has 0 aromatic heterocycles. The van der Waals surface area contributed by atoms with E-state index in [9.17, 15) is 14.7 Å². The zero-order valence-electron chi connectivity index (χ0n) is 11.0. The van der Waals surface area contributed by atoms with Gasteiger partial charge >= 0.3 is 7.52 Å². The van der Waals surface area contributed by atoms with Gasteiger partial charge in [-0.1, -0.05) is 0 Å². The van der Waals surface area contributed by atoms with Gasteiger partial charge in [0.15, 0.2) is 0 Å². The van der Waals surface area contributed by atoms with E-state index >= 15 is 0 Å². The van der Waals surface area contributed by atoms with E-state index < -0.39 is 12.4 Å². The highest BCUT2D eigenvalue weighted by molar-refractivity contribution is 7.58. The maximum absolute atomic E-state index is 12.8. The normalized spacial score (nSPS) is 13.9. The van der Waals surface area contributed by atoms with Crippen molar-refractivity contribution < 1.29 is 14.0 Å². The first-order valence-electron chi connectivity index (χ1n) is 5.93. The van der Waals surface area contributed by atoms with Gasteiger partial charge in [0, 0.05) is 37.0 Å². The van der Waals surface area contributed by atoms with Crippen molar-refractivity contribution in [3.63, 3.8) is 0 Å². The first-order chi connectivity index (χ1) is 9.96. The number of hydrogen-bond donors (Lipinski definition) is 0. The van der Waals surface area contributed by atoms with Crippen LogP contribution in [0.2, 0.25) is 0 Å². The van der Waals surface area contributed by atoms with Crippen LogP contribution >= 0.6 is 42.3 Å². The quantitative estimate of drug-likeness (QED) is 0.281. The van der Waals surface area contributed by atoms with Crippen LogP contribution in [0.15, 0.2) is 24.3 Å². The molecule has 0 bridgehead atoms. The van der Waals surface area contributed by atoms with Crippen molar-refractivity contribution in [1.29, 1.82) is 0 Å². The molecule has 0 aliphatic carbocycles. The van der Waals surface area contributed by atoms with Gasteiger partial charge in [-0.3, -0.25) is 14.7 Å². The fourth-order valence-electron chi connectivity index (χ4n) is 1.56. The Morgan fingerprint density at radius 1 is 1.14 bits per heavy atom. The molecule has 0 fully saturated rings. The van der Waals surface area contributed by atoms with Crippen LogP contribution in [0.3, 0.4) is 0 Å². The summed E-state index contributed by atoms with van der Waals surface area (Å²) in [4.78, 5) is 10.1. The first-order valence-corrected chi connectivity index (χ1v) is 9.30. The van der Waals surface area contributed by atoms with Crippen LogP contribution < -0.4 is 4.52 Å². The van der Waals surface area contributed by atoms with Crippen LogP contribution in [0.25, 0.3) is 0 Å². The predicted octanol–water partition coefficient (Wildman–Crippen LogP) is 4.14. The van der Waals surface area contributed by atoms with Crippen LogP contribution in [0.5, 0.6) is 5.75 Å². The minimum atomic E-state index is -3.34. The van der Waals surface area contributed by atoms with Gasteiger partial charge in [0.25, 0.3) is 5.69 Å². The number of benzene rings is 1. The highest BCUT2D eigenvalue weighted by atomic mass is 35.5. The Morgan fingerprint density at radius 2 is 1.67 bits per heavy atom. The molecule has 1 rings (SSSR count). The molecule has 0 aliphatic rings. The molecule has 1 aromatic carbocycles. The Morgan fingerprint density at radius 3 is 2.05 bits per heavy atom. The van der Waals surface area contributed by atoms with Crippen LogP contribution in [-0.4, -0.2) is 40.1 Å². The van der Waals surface area contributed by atoms with Crippen LogP contribution in [-0.2, 0) is 4.57 Å². The largest absolute Gasteiger partial charge is 0.432 e. The molecule has 0 saturated carbocycles. The summed E-state index contributed by atoms with van der Waals surface area (Å²) in [5.74, 6) is 0.738. The van der Waals surface area contributed by atoms with Crippen molar-refractivity contribution >= 4 is 48.0 Å². The van der Waals surface area contributed by atoms with Crippen molar-refractivity contribution in [1.82, 2.24) is 4.67 Å². The summed E-state index contributed by atoms with van der Waals surface area (Å²) in [6.45, 7) is 0.622. The third-order valence-electron chi connectivity index (χ3n) is 2.56. The Bertz CT molecular complexity index is 509. The molecule has 0 amide bonds. The number of halogens is 3. The molecule has 118 valence electrons. The average molecular weight is 376 g/mol. The second-order valence-electron chi connectivity index (χ2n) is 3.93. The minimum absolute atomic E-state index is 0.0820. The molecule has 0 heterocycles. The molecule has 0 N–H and O–H groups in total. The number of nitrogens with zero attached hydrogens (tertiary/aromatic N) is 2. The summed E-state index contributed by atoms with van der Waals surface area (Å²) in [7, 11) is -3.34. The summed E-state index contributed by atoms with van der Waals surface area (Å²) in [5, 5.41) is 10.6. The van der Waals surface area contributed by atoms with Crippen LogP contribution in [0.1, 0.15) is 0 Å². The molecule has 0 unspecified atom stereocenters. The molecular weight excluding hydrogens is 361 g/mol. The van der Waals surface area contributed by atoms with Crippen LogP contribution in [0.4, 0.5) is 5.69 Å². The third kappa shape index (κ3) is 5.31. The summed E-state index contributed by atoms with van der Waals surface area (Å²) >= 11 is 17.1. The van der Waals surface area contributed by atoms with Gasteiger partial charge in [0.1, 0.15) is 11.4 Å². The lowest BCUT2D eigenvalue weighted by molar-refractivity contribution is -0.384. The molecule has 6 nitrogen and oxygen atoms in total. The number of hydrogen-bond acceptors (Lipinski definition) is 4. The Kier molecular flexibility index (Phi) is 7.77. The lowest BCUT2D eigenvalue weighted by atomic mass is 10.3. The number of rotatable bonds is 9. The van der Waals surface area contributed by atoms with E-state index in [0.29, 0.717) is 13.1 Å². The molecule has 21 heavy (non-hydrogen) atoms. The summed E-state index contributed by atoms with van der Waals surface area (Å²) in [6, 6.07) is 5.27. The molecule has 0 radical (unpaired) electrons. The second kappa shape index (κ2) is 8.81. The molecule has 1 aromatic rings. The van der Waals surface area contributed by atoms with Crippen molar-refractivity contribution in [3.8, 4) is 5.75 Å². The zero-order chi connectivity index (χ0) is 15.9. The summed E-state index contributed by atoms with van der Waals surface area (Å²) < 4.78 is 19.7. The van der Waals surface area contributed by atoms with Gasteiger partial charge < -0.3 is 4.52 Å². The molecule has 0 aliphatic heterocycles. The number of alkyl halides is 3. The Labute approximate surface area is 137 Å². The summed E-state index contributed by atoms with van der Waals surface area (Å²) in [6.07, 6.45) is 0. The van der Waals surface area contributed by atoms with Crippen molar-refractivity contribution in [2.75, 3.05) is 30.5 Å². The maximum Gasteiger partial charge on any atom is 0.333 e. The van der Waals surface area contributed by atoms with Crippen LogP contribution in [0, 0.1) is 10.1 Å². The van der Waals surface area contributed by atoms with E-state index in [0.717, 1.165) is 0 Å². The topological polar surface area (TPSA) is 72.7 Å². The van der Waals surface area contributed by atoms with Gasteiger partial charge in [-0.05, 0) is 12.1 Å². The number of nitro groups is 1. The van der Waals surface area contributed by atoms with Gasteiger partial charge in [-0.25, -0.2) is 4.67 Å². The number of non-ortho nitro benzene ring substituents is 1. The molecular formula is C11H14Cl3N2O4P. The highest BCUT2D eigenvalue weighted by Crippen LogP contribution is 2.51. The number of nitro benzene ring substituents is 1. The third-order valence-corrected chi connectivity index (χ3v) is 5.87. The van der Waals surface area contributed by atoms with E-state index in [2.05, 4.69) is 0 Å². The van der Waals surface area contributed by atoms with E-state index in [1.807, 2.05) is 0 Å². The van der Waals surface area contributed by atoms with Crippen molar-refractivity contribution in [2.24, 2.45) is 0 Å². The zero-order valence-corrected chi connectivity index (χ0v) is 14.1. The fourth-order valence-corrected chi connectivity index (χ4v) is 4.38. The van der Waals surface area contributed by atoms with E-state index in [1.165, 1.54) is 28.9 Å². The molecule has 0 spiro atoms. The minimum Gasteiger partial charge on any atom is -0.432 e. The molecule has 10 heteroatoms. The predicted molar refractivity (Wildman–Crippen MR) is 85.1 cm³/mol. The monoisotopic (exact) mass is 374 g/mol. The van der Waals surface area contributed by atoms with Crippen molar-refractivity contribution in [2.45, 2.75) is 0 Å². The first kappa shape index (κ1) is 18.5. The second-order valence-corrected chi connectivity index (χ2v) is 7.67. The summed E-state index contributed by atoms with van der Waals surface area (Å²) in [5.41, 5.74) is -0.320. The highest BCUT2D eigenvalue weighted by Gasteiger charge is 2.31.